The molecule has 1 aliphatic heterocycles. The number of ether oxygens (including phenoxy) is 1. The maximum Gasteiger partial charge on any atom is 0.0959 e. The summed E-state index contributed by atoms with van der Waals surface area (Å²) in [6.07, 6.45) is 1.60. The van der Waals surface area contributed by atoms with Crippen LogP contribution in [0.15, 0.2) is 0 Å². The molecular weight excluding hydrogens is 158 g/mol. The lowest BCUT2D eigenvalue weighted by atomic mass is 9.99. The maximum absolute atomic E-state index is 9.39. The van der Waals surface area contributed by atoms with Crippen molar-refractivity contribution >= 4 is 0 Å². The van der Waals surface area contributed by atoms with Gasteiger partial charge in [-0.05, 0) is 19.3 Å². The highest BCUT2D eigenvalue weighted by Crippen LogP contribution is 2.20. The van der Waals surface area contributed by atoms with E-state index in [1.165, 1.54) is 0 Å². The molecule has 1 aliphatic rings. The van der Waals surface area contributed by atoms with Crippen LogP contribution in [0, 0.1) is 0 Å². The molecule has 12 heavy (non-hydrogen) atoms. The van der Waals surface area contributed by atoms with E-state index in [0.717, 1.165) is 12.8 Å². The van der Waals surface area contributed by atoms with Crippen molar-refractivity contribution in [1.29, 1.82) is 0 Å². The Balaban J connectivity index is 2.33. The first kappa shape index (κ1) is 9.92. The second kappa shape index (κ2) is 4.77. The van der Waals surface area contributed by atoms with E-state index < -0.39 is 6.10 Å². The zero-order valence-electron chi connectivity index (χ0n) is 7.15. The second-order valence-corrected chi connectivity index (χ2v) is 3.19. The monoisotopic (exact) mass is 175 g/mol. The highest BCUT2D eigenvalue weighted by molar-refractivity contribution is 4.78. The molecule has 3 unspecified atom stereocenters. The number of aliphatic hydroxyl groups excluding tert-OH is 2. The lowest BCUT2D eigenvalue weighted by molar-refractivity contribution is -0.117. The first-order valence-corrected chi connectivity index (χ1v) is 4.42. The Hall–Kier alpha value is -0.160. The fourth-order valence-corrected chi connectivity index (χ4v) is 1.52. The molecule has 3 atom stereocenters. The lowest BCUT2D eigenvalue weighted by Gasteiger charge is -2.32. The van der Waals surface area contributed by atoms with Crippen LogP contribution in [0.25, 0.3) is 0 Å². The topological polar surface area (TPSA) is 75.7 Å². The van der Waals surface area contributed by atoms with Gasteiger partial charge in [-0.1, -0.05) is 0 Å². The van der Waals surface area contributed by atoms with Gasteiger partial charge >= 0.3 is 0 Å². The van der Waals surface area contributed by atoms with Gasteiger partial charge in [-0.25, -0.2) is 0 Å². The molecule has 4 nitrogen and oxygen atoms in total. The Bertz CT molecular complexity index is 131. The minimum absolute atomic E-state index is 0.0759. The highest BCUT2D eigenvalue weighted by Gasteiger charge is 2.28. The predicted octanol–water partition coefficient (Wildman–Crippen LogP) is -0.764. The summed E-state index contributed by atoms with van der Waals surface area (Å²) in [6, 6.07) is 0. The summed E-state index contributed by atoms with van der Waals surface area (Å²) in [5, 5.41) is 18.1. The fourth-order valence-electron chi connectivity index (χ4n) is 1.52. The smallest absolute Gasteiger partial charge is 0.0959 e. The summed E-state index contributed by atoms with van der Waals surface area (Å²) in [5.74, 6) is 0. The molecule has 4 heteroatoms. The molecule has 0 aliphatic carbocycles. The van der Waals surface area contributed by atoms with Gasteiger partial charge in [-0.2, -0.15) is 0 Å². The van der Waals surface area contributed by atoms with Crippen LogP contribution in [0.5, 0.6) is 0 Å². The van der Waals surface area contributed by atoms with Gasteiger partial charge in [0.05, 0.1) is 18.3 Å². The second-order valence-electron chi connectivity index (χ2n) is 3.19. The molecule has 0 bridgehead atoms. The average molecular weight is 175 g/mol. The third-order valence-electron chi connectivity index (χ3n) is 2.26. The van der Waals surface area contributed by atoms with Gasteiger partial charge < -0.3 is 20.7 Å². The van der Waals surface area contributed by atoms with E-state index in [1.807, 2.05) is 0 Å². The number of rotatable bonds is 3. The number of hydrogen-bond acceptors (Lipinski definition) is 4. The fraction of sp³-hybridized carbons (Fsp3) is 1.00. The van der Waals surface area contributed by atoms with Crippen molar-refractivity contribution in [3.8, 4) is 0 Å². The predicted molar refractivity (Wildman–Crippen MR) is 44.7 cm³/mol. The minimum atomic E-state index is -0.426. The lowest BCUT2D eigenvalue weighted by Crippen LogP contribution is -2.43. The zero-order valence-corrected chi connectivity index (χ0v) is 7.15. The summed E-state index contributed by atoms with van der Waals surface area (Å²) >= 11 is 0. The molecule has 72 valence electrons. The Morgan fingerprint density at radius 3 is 2.75 bits per heavy atom. The summed E-state index contributed by atoms with van der Waals surface area (Å²) < 4.78 is 5.45. The van der Waals surface area contributed by atoms with Crippen LogP contribution in [0.3, 0.4) is 0 Å². The molecule has 0 aromatic rings. The maximum atomic E-state index is 9.39. The van der Waals surface area contributed by atoms with Crippen molar-refractivity contribution in [2.24, 2.45) is 5.73 Å². The van der Waals surface area contributed by atoms with Crippen LogP contribution >= 0.6 is 0 Å². The molecule has 0 radical (unpaired) electrons. The quantitative estimate of drug-likeness (QED) is 0.527. The Morgan fingerprint density at radius 2 is 2.17 bits per heavy atom. The van der Waals surface area contributed by atoms with Gasteiger partial charge in [0.1, 0.15) is 0 Å². The number of aliphatic hydroxyl groups is 2. The summed E-state index contributed by atoms with van der Waals surface area (Å²) in [5.41, 5.74) is 5.40. The normalized spacial score (nSPS) is 36.8. The summed E-state index contributed by atoms with van der Waals surface area (Å²) in [4.78, 5) is 0. The molecule has 0 saturated carbocycles. The van der Waals surface area contributed by atoms with E-state index in [-0.39, 0.29) is 18.8 Å². The van der Waals surface area contributed by atoms with Crippen molar-refractivity contribution < 1.29 is 14.9 Å². The van der Waals surface area contributed by atoms with Crippen LogP contribution < -0.4 is 5.73 Å². The first-order chi connectivity index (χ1) is 5.77. The van der Waals surface area contributed by atoms with Crippen LogP contribution in [0.2, 0.25) is 0 Å². The highest BCUT2D eigenvalue weighted by atomic mass is 16.5. The third-order valence-corrected chi connectivity index (χ3v) is 2.26. The zero-order chi connectivity index (χ0) is 8.97. The van der Waals surface area contributed by atoms with Crippen molar-refractivity contribution in [1.82, 2.24) is 0 Å². The molecule has 1 saturated heterocycles. The molecular formula is C8H17NO3. The molecule has 0 aromatic carbocycles. The molecule has 4 N–H and O–H groups in total. The molecule has 0 aromatic heterocycles. The van der Waals surface area contributed by atoms with Gasteiger partial charge in [-0.3, -0.25) is 0 Å². The van der Waals surface area contributed by atoms with E-state index in [9.17, 15) is 5.11 Å². The molecule has 1 heterocycles. The van der Waals surface area contributed by atoms with E-state index in [0.29, 0.717) is 13.0 Å². The van der Waals surface area contributed by atoms with Crippen molar-refractivity contribution in [2.45, 2.75) is 37.6 Å². The molecule has 0 amide bonds. The average Bonchev–Trinajstić information content (AvgIpc) is 2.09. The van der Waals surface area contributed by atoms with E-state index >= 15 is 0 Å². The van der Waals surface area contributed by atoms with Crippen molar-refractivity contribution in [3.63, 3.8) is 0 Å². The largest absolute Gasteiger partial charge is 0.396 e. The van der Waals surface area contributed by atoms with Gasteiger partial charge in [-0.15, -0.1) is 0 Å². The Kier molecular flexibility index (Phi) is 3.94. The van der Waals surface area contributed by atoms with Gasteiger partial charge in [0, 0.05) is 13.2 Å². The van der Waals surface area contributed by atoms with Crippen LogP contribution in [0.4, 0.5) is 0 Å². The number of nitrogens with two attached hydrogens (primary N) is 1. The standard InChI is InChI=1S/C8H17NO3/c9-5-8-7(11)2-1-6(12-8)3-4-10/h6-8,10-11H,1-5,9H2. The number of hydrogen-bond donors (Lipinski definition) is 3. The van der Waals surface area contributed by atoms with Crippen molar-refractivity contribution in [3.05, 3.63) is 0 Å². The van der Waals surface area contributed by atoms with E-state index in [4.69, 9.17) is 15.6 Å². The van der Waals surface area contributed by atoms with E-state index in [1.54, 1.807) is 0 Å². The Morgan fingerprint density at radius 1 is 1.42 bits per heavy atom. The SMILES string of the molecule is NCC1OC(CCO)CCC1O. The van der Waals surface area contributed by atoms with Gasteiger partial charge in [0.25, 0.3) is 0 Å². The van der Waals surface area contributed by atoms with Crippen LogP contribution in [-0.4, -0.2) is 41.7 Å². The molecule has 1 rings (SSSR count). The Labute approximate surface area is 72.3 Å². The van der Waals surface area contributed by atoms with Crippen LogP contribution in [-0.2, 0) is 4.74 Å². The summed E-state index contributed by atoms with van der Waals surface area (Å²) in [6.45, 7) is 0.487. The van der Waals surface area contributed by atoms with Crippen molar-refractivity contribution in [2.75, 3.05) is 13.2 Å². The molecule has 1 fully saturated rings. The third kappa shape index (κ3) is 2.42. The minimum Gasteiger partial charge on any atom is -0.396 e. The van der Waals surface area contributed by atoms with Gasteiger partial charge in [0.2, 0.25) is 0 Å². The van der Waals surface area contributed by atoms with E-state index in [2.05, 4.69) is 0 Å². The van der Waals surface area contributed by atoms with Gasteiger partial charge in [0.15, 0.2) is 0 Å². The molecule has 0 spiro atoms. The van der Waals surface area contributed by atoms with Crippen LogP contribution in [0.1, 0.15) is 19.3 Å². The summed E-state index contributed by atoms with van der Waals surface area (Å²) in [7, 11) is 0. The first-order valence-electron chi connectivity index (χ1n) is 4.42.